The van der Waals surface area contributed by atoms with E-state index in [-0.39, 0.29) is 17.2 Å². The van der Waals surface area contributed by atoms with Gasteiger partial charge in [-0.05, 0) is 46.9 Å². The molecular weight excluding hydrogens is 333 g/mol. The van der Waals surface area contributed by atoms with Gasteiger partial charge in [0.25, 0.3) is 0 Å². The maximum Gasteiger partial charge on any atom is 0.419 e. The minimum absolute atomic E-state index is 0.160. The Bertz CT molecular complexity index is 752. The van der Waals surface area contributed by atoms with Crippen LogP contribution in [0.5, 0.6) is 11.5 Å². The van der Waals surface area contributed by atoms with Gasteiger partial charge in [0.05, 0.1) is 26.4 Å². The molecule has 0 aliphatic carbocycles. The summed E-state index contributed by atoms with van der Waals surface area (Å²) in [5, 5.41) is 9.63. The van der Waals surface area contributed by atoms with Crippen molar-refractivity contribution in [1.82, 2.24) is 0 Å². The van der Waals surface area contributed by atoms with Crippen LogP contribution in [0.4, 0.5) is 13.2 Å². The minimum atomic E-state index is -4.57. The van der Waals surface area contributed by atoms with E-state index >= 15 is 0 Å². The normalized spacial score (nSPS) is 11.7. The zero-order valence-electron chi connectivity index (χ0n) is 14.6. The van der Waals surface area contributed by atoms with Crippen LogP contribution in [0.1, 0.15) is 36.5 Å². The zero-order valence-corrected chi connectivity index (χ0v) is 14.6. The molecule has 0 fully saturated rings. The lowest BCUT2D eigenvalue weighted by atomic mass is 9.92. The highest BCUT2D eigenvalue weighted by atomic mass is 19.4. The number of aliphatic hydroxyl groups excluding tert-OH is 1. The molecule has 0 bridgehead atoms. The molecule has 0 aliphatic rings. The summed E-state index contributed by atoms with van der Waals surface area (Å²) >= 11 is 0. The Morgan fingerprint density at radius 2 is 1.60 bits per heavy atom. The second kappa shape index (κ2) is 7.35. The second-order valence-electron chi connectivity index (χ2n) is 5.98. The van der Waals surface area contributed by atoms with Gasteiger partial charge in [-0.25, -0.2) is 0 Å². The zero-order chi connectivity index (χ0) is 18.8. The van der Waals surface area contributed by atoms with Crippen LogP contribution in [0.3, 0.4) is 0 Å². The largest absolute Gasteiger partial charge is 0.496 e. The van der Waals surface area contributed by atoms with Crippen molar-refractivity contribution in [1.29, 1.82) is 0 Å². The van der Waals surface area contributed by atoms with Gasteiger partial charge in [0.1, 0.15) is 11.5 Å². The molecule has 136 valence electrons. The van der Waals surface area contributed by atoms with Crippen molar-refractivity contribution in [2.75, 3.05) is 14.2 Å². The van der Waals surface area contributed by atoms with Gasteiger partial charge in [-0.15, -0.1) is 0 Å². The van der Waals surface area contributed by atoms with E-state index in [1.54, 1.807) is 6.07 Å². The molecule has 0 atom stereocenters. The highest BCUT2D eigenvalue weighted by Crippen LogP contribution is 2.42. The number of aliphatic hydroxyl groups is 1. The molecule has 1 N–H and O–H groups in total. The summed E-state index contributed by atoms with van der Waals surface area (Å²) in [6.07, 6.45) is -4.57. The summed E-state index contributed by atoms with van der Waals surface area (Å²) in [4.78, 5) is 0. The summed E-state index contributed by atoms with van der Waals surface area (Å²) in [7, 11) is 2.68. The molecule has 0 aliphatic heterocycles. The third-order valence-electron chi connectivity index (χ3n) is 4.08. The molecule has 0 aromatic heterocycles. The Balaban J connectivity index is 2.76. The van der Waals surface area contributed by atoms with Gasteiger partial charge < -0.3 is 14.6 Å². The number of ether oxygens (including phenoxy) is 2. The van der Waals surface area contributed by atoms with Gasteiger partial charge >= 0.3 is 6.18 Å². The van der Waals surface area contributed by atoms with Gasteiger partial charge in [-0.2, -0.15) is 13.2 Å². The SMILES string of the molecule is COc1ccc(C(C)C)cc1-c1cc(OC)c(C(F)(F)F)cc1CO. The average Bonchev–Trinajstić information content (AvgIpc) is 2.58. The highest BCUT2D eigenvalue weighted by molar-refractivity contribution is 5.76. The summed E-state index contributed by atoms with van der Waals surface area (Å²) in [6.45, 7) is 3.51. The molecule has 0 saturated carbocycles. The second-order valence-corrected chi connectivity index (χ2v) is 5.98. The van der Waals surface area contributed by atoms with E-state index in [4.69, 9.17) is 9.47 Å². The van der Waals surface area contributed by atoms with Crippen molar-refractivity contribution in [3.8, 4) is 22.6 Å². The van der Waals surface area contributed by atoms with Gasteiger partial charge in [0.15, 0.2) is 0 Å². The van der Waals surface area contributed by atoms with E-state index in [1.165, 1.54) is 20.3 Å². The van der Waals surface area contributed by atoms with E-state index < -0.39 is 18.3 Å². The van der Waals surface area contributed by atoms with Crippen LogP contribution in [0, 0.1) is 0 Å². The molecule has 6 heteroatoms. The molecule has 0 amide bonds. The van der Waals surface area contributed by atoms with Crippen molar-refractivity contribution in [2.24, 2.45) is 0 Å². The van der Waals surface area contributed by atoms with Crippen molar-refractivity contribution in [3.63, 3.8) is 0 Å². The lowest BCUT2D eigenvalue weighted by Gasteiger charge is -2.19. The van der Waals surface area contributed by atoms with Crippen LogP contribution < -0.4 is 9.47 Å². The van der Waals surface area contributed by atoms with Gasteiger partial charge in [0, 0.05) is 5.56 Å². The fourth-order valence-electron chi connectivity index (χ4n) is 2.69. The number of alkyl halides is 3. The van der Waals surface area contributed by atoms with Gasteiger partial charge in [0.2, 0.25) is 0 Å². The first-order valence-electron chi connectivity index (χ1n) is 7.80. The Labute approximate surface area is 145 Å². The third-order valence-corrected chi connectivity index (χ3v) is 4.08. The van der Waals surface area contributed by atoms with Crippen LogP contribution in [-0.2, 0) is 12.8 Å². The van der Waals surface area contributed by atoms with Crippen LogP contribution in [0.15, 0.2) is 30.3 Å². The predicted molar refractivity (Wildman–Crippen MR) is 90.0 cm³/mol. The smallest absolute Gasteiger partial charge is 0.419 e. The molecule has 0 unspecified atom stereocenters. The molecule has 0 spiro atoms. The number of methoxy groups -OCH3 is 2. The van der Waals surface area contributed by atoms with Gasteiger partial charge in [-0.3, -0.25) is 0 Å². The topological polar surface area (TPSA) is 38.7 Å². The summed E-state index contributed by atoms with van der Waals surface area (Å²) < 4.78 is 49.9. The molecule has 2 rings (SSSR count). The Morgan fingerprint density at radius 1 is 0.960 bits per heavy atom. The maximum atomic E-state index is 13.2. The Kier molecular flexibility index (Phi) is 5.62. The molecule has 25 heavy (non-hydrogen) atoms. The number of rotatable bonds is 5. The maximum absolute atomic E-state index is 13.2. The molecule has 0 saturated heterocycles. The monoisotopic (exact) mass is 354 g/mol. The fourth-order valence-corrected chi connectivity index (χ4v) is 2.69. The molecule has 2 aromatic carbocycles. The van der Waals surface area contributed by atoms with Gasteiger partial charge in [-0.1, -0.05) is 19.9 Å². The minimum Gasteiger partial charge on any atom is -0.496 e. The quantitative estimate of drug-likeness (QED) is 0.821. The number of hydrogen-bond acceptors (Lipinski definition) is 3. The van der Waals surface area contributed by atoms with Crippen molar-refractivity contribution in [2.45, 2.75) is 32.5 Å². The van der Waals surface area contributed by atoms with E-state index in [0.29, 0.717) is 16.9 Å². The summed E-state index contributed by atoms with van der Waals surface area (Å²) in [6, 6.07) is 7.78. The lowest BCUT2D eigenvalue weighted by Crippen LogP contribution is -2.09. The average molecular weight is 354 g/mol. The van der Waals surface area contributed by atoms with Crippen molar-refractivity contribution < 1.29 is 27.8 Å². The first-order valence-corrected chi connectivity index (χ1v) is 7.80. The number of hydrogen-bond donors (Lipinski definition) is 1. The summed E-state index contributed by atoms with van der Waals surface area (Å²) in [5.41, 5.74) is 1.32. The highest BCUT2D eigenvalue weighted by Gasteiger charge is 2.35. The predicted octanol–water partition coefficient (Wildman–Crippen LogP) is 5.01. The lowest BCUT2D eigenvalue weighted by molar-refractivity contribution is -0.138. The molecule has 3 nitrogen and oxygen atoms in total. The molecule has 0 radical (unpaired) electrons. The summed E-state index contributed by atoms with van der Waals surface area (Å²) in [5.74, 6) is 0.455. The van der Waals surface area contributed by atoms with Crippen molar-refractivity contribution in [3.05, 3.63) is 47.0 Å². The Hall–Kier alpha value is -2.21. The van der Waals surface area contributed by atoms with E-state index in [2.05, 4.69) is 0 Å². The number of benzene rings is 2. The fraction of sp³-hybridized carbons (Fsp3) is 0.368. The van der Waals surface area contributed by atoms with Crippen LogP contribution in [0.25, 0.3) is 11.1 Å². The van der Waals surface area contributed by atoms with E-state index in [0.717, 1.165) is 11.6 Å². The first-order chi connectivity index (χ1) is 11.7. The van der Waals surface area contributed by atoms with Crippen LogP contribution in [0.2, 0.25) is 0 Å². The molecule has 2 aromatic rings. The standard InChI is InChI=1S/C19H21F3O3/c1-11(2)12-5-6-17(24-3)15(7-12)14-9-18(25-4)16(19(20,21)22)8-13(14)10-23/h5-9,11,23H,10H2,1-4H3. The van der Waals surface area contributed by atoms with Crippen molar-refractivity contribution >= 4 is 0 Å². The van der Waals surface area contributed by atoms with Crippen LogP contribution >= 0.6 is 0 Å². The first kappa shape index (κ1) is 19.1. The molecular formula is C19H21F3O3. The van der Waals surface area contributed by atoms with Crippen LogP contribution in [-0.4, -0.2) is 19.3 Å². The van der Waals surface area contributed by atoms with E-state index in [9.17, 15) is 18.3 Å². The van der Waals surface area contributed by atoms with E-state index in [1.807, 2.05) is 26.0 Å². The number of halogens is 3. The third kappa shape index (κ3) is 3.90. The molecule has 0 heterocycles. The Morgan fingerprint density at radius 3 is 2.08 bits per heavy atom.